The number of nitrogens with one attached hydrogen (secondary N) is 1. The molecule has 24 heavy (non-hydrogen) atoms. The normalized spacial score (nSPS) is 20.0. The average molecular weight is 336 g/mol. The molecule has 2 aromatic heterocycles. The molecule has 1 saturated heterocycles. The first-order chi connectivity index (χ1) is 11.4. The number of rotatable bonds is 6. The molecule has 0 spiro atoms. The molecule has 8 nitrogen and oxygen atoms in total. The zero-order valence-corrected chi connectivity index (χ0v) is 14.4. The fraction of sp³-hybridized carbons (Fsp3) is 0.688. The number of ether oxygens (including phenoxy) is 2. The topological polar surface area (TPSA) is 91.1 Å². The summed E-state index contributed by atoms with van der Waals surface area (Å²) in [6.07, 6.45) is 4.55. The summed E-state index contributed by atoms with van der Waals surface area (Å²) in [6, 6.07) is 0. The summed E-state index contributed by atoms with van der Waals surface area (Å²) in [6.45, 7) is 7.47. The van der Waals surface area contributed by atoms with Gasteiger partial charge in [-0.3, -0.25) is 14.3 Å². The predicted molar refractivity (Wildman–Crippen MR) is 89.0 cm³/mol. The number of aryl methyl sites for hydroxylation is 2. The molecule has 0 radical (unpaired) electrons. The van der Waals surface area contributed by atoms with Crippen molar-refractivity contribution in [2.24, 2.45) is 0 Å². The summed E-state index contributed by atoms with van der Waals surface area (Å²) in [4.78, 5) is 30.5. The van der Waals surface area contributed by atoms with Crippen LogP contribution in [-0.4, -0.2) is 37.6 Å². The van der Waals surface area contributed by atoms with Crippen LogP contribution in [0.15, 0.2) is 15.9 Å². The molecule has 1 aliphatic heterocycles. The number of imidazole rings is 1. The minimum absolute atomic E-state index is 0.133. The highest BCUT2D eigenvalue weighted by Crippen LogP contribution is 2.25. The Morgan fingerprint density at radius 1 is 1.38 bits per heavy atom. The van der Waals surface area contributed by atoms with E-state index in [-0.39, 0.29) is 11.7 Å². The number of aromatic nitrogens is 4. The molecule has 0 amide bonds. The molecular weight excluding hydrogens is 312 g/mol. The lowest BCUT2D eigenvalue weighted by Crippen LogP contribution is -2.30. The average Bonchev–Trinajstić information content (AvgIpc) is 3.08. The van der Waals surface area contributed by atoms with Gasteiger partial charge in [0.25, 0.3) is 5.56 Å². The van der Waals surface area contributed by atoms with Gasteiger partial charge in [-0.1, -0.05) is 0 Å². The van der Waals surface area contributed by atoms with E-state index in [0.29, 0.717) is 30.9 Å². The number of aromatic amines is 1. The Morgan fingerprint density at radius 3 is 2.83 bits per heavy atom. The first kappa shape index (κ1) is 16.9. The number of unbranched alkanes of at least 4 members (excludes halogenated alkanes) is 1. The van der Waals surface area contributed by atoms with Crippen LogP contribution < -0.4 is 11.2 Å². The largest absolute Gasteiger partial charge is 0.348 e. The van der Waals surface area contributed by atoms with Gasteiger partial charge in [0, 0.05) is 13.1 Å². The van der Waals surface area contributed by atoms with Gasteiger partial charge in [0.15, 0.2) is 17.0 Å². The summed E-state index contributed by atoms with van der Waals surface area (Å²) < 4.78 is 14.6. The number of nitrogens with zero attached hydrogens (tertiary/aromatic N) is 3. The maximum absolute atomic E-state index is 12.1. The van der Waals surface area contributed by atoms with Crippen LogP contribution in [0.25, 0.3) is 11.2 Å². The molecular formula is C16H24N4O4. The van der Waals surface area contributed by atoms with Crippen molar-refractivity contribution < 1.29 is 9.47 Å². The quantitative estimate of drug-likeness (QED) is 0.801. The van der Waals surface area contributed by atoms with Crippen LogP contribution in [0.5, 0.6) is 0 Å². The van der Waals surface area contributed by atoms with E-state index >= 15 is 0 Å². The second-order valence-corrected chi connectivity index (χ2v) is 6.56. The molecule has 1 N–H and O–H groups in total. The summed E-state index contributed by atoms with van der Waals surface area (Å²) in [5, 5.41) is 0. The monoisotopic (exact) mass is 336 g/mol. The van der Waals surface area contributed by atoms with Gasteiger partial charge in [-0.15, -0.1) is 0 Å². The molecule has 8 heteroatoms. The molecule has 2 aromatic rings. The van der Waals surface area contributed by atoms with E-state index in [0.717, 1.165) is 19.3 Å². The summed E-state index contributed by atoms with van der Waals surface area (Å²) in [7, 11) is 0. The maximum atomic E-state index is 12.1. The molecule has 0 saturated carbocycles. The Balaban J connectivity index is 1.64. The first-order valence-electron chi connectivity index (χ1n) is 8.41. The molecule has 1 aliphatic rings. The van der Waals surface area contributed by atoms with Crippen LogP contribution in [0.3, 0.4) is 0 Å². The maximum Gasteiger partial charge on any atom is 0.330 e. The number of hydrogen-bond acceptors (Lipinski definition) is 5. The first-order valence-corrected chi connectivity index (χ1v) is 8.41. The highest BCUT2D eigenvalue weighted by molar-refractivity contribution is 5.69. The lowest BCUT2D eigenvalue weighted by atomic mass is 10.1. The zero-order chi connectivity index (χ0) is 17.3. The van der Waals surface area contributed by atoms with E-state index in [1.54, 1.807) is 6.33 Å². The van der Waals surface area contributed by atoms with Crippen LogP contribution in [0.2, 0.25) is 0 Å². The number of H-pyrrole nitrogens is 1. The summed E-state index contributed by atoms with van der Waals surface area (Å²) >= 11 is 0. The molecule has 3 rings (SSSR count). The van der Waals surface area contributed by atoms with Crippen molar-refractivity contribution in [3.63, 3.8) is 0 Å². The fourth-order valence-electron chi connectivity index (χ4n) is 3.14. The SMILES string of the molecule is CCn1c(=O)[nH]c(=O)c2c1ncn2CCCCC1COC(C)(C)O1. The summed E-state index contributed by atoms with van der Waals surface area (Å²) in [5.41, 5.74) is 0.103. The highest BCUT2D eigenvalue weighted by atomic mass is 16.7. The van der Waals surface area contributed by atoms with Crippen LogP contribution in [0.4, 0.5) is 0 Å². The van der Waals surface area contributed by atoms with Crippen LogP contribution in [0.1, 0.15) is 40.0 Å². The van der Waals surface area contributed by atoms with Gasteiger partial charge in [0.2, 0.25) is 0 Å². The van der Waals surface area contributed by atoms with Gasteiger partial charge in [0.1, 0.15) is 0 Å². The van der Waals surface area contributed by atoms with Crippen molar-refractivity contribution in [3.8, 4) is 0 Å². The van der Waals surface area contributed by atoms with E-state index < -0.39 is 11.5 Å². The zero-order valence-electron chi connectivity index (χ0n) is 14.4. The van der Waals surface area contributed by atoms with Crippen molar-refractivity contribution in [2.75, 3.05) is 6.61 Å². The molecule has 0 aromatic carbocycles. The molecule has 1 unspecified atom stereocenters. The highest BCUT2D eigenvalue weighted by Gasteiger charge is 2.31. The second kappa shape index (κ2) is 6.52. The van der Waals surface area contributed by atoms with E-state index in [4.69, 9.17) is 9.47 Å². The minimum atomic E-state index is -0.484. The van der Waals surface area contributed by atoms with Crippen molar-refractivity contribution in [3.05, 3.63) is 27.2 Å². The van der Waals surface area contributed by atoms with Gasteiger partial charge in [-0.2, -0.15) is 0 Å². The van der Waals surface area contributed by atoms with Gasteiger partial charge in [-0.05, 0) is 40.0 Å². The van der Waals surface area contributed by atoms with Crippen molar-refractivity contribution in [1.82, 2.24) is 19.1 Å². The third kappa shape index (κ3) is 3.29. The van der Waals surface area contributed by atoms with Crippen LogP contribution in [-0.2, 0) is 22.6 Å². The Morgan fingerprint density at radius 2 is 2.17 bits per heavy atom. The van der Waals surface area contributed by atoms with Gasteiger partial charge < -0.3 is 14.0 Å². The standard InChI is InChI=1S/C16H24N4O4/c1-4-20-13-12(14(21)18-15(20)22)19(10-17-13)8-6-5-7-11-9-23-16(2,3)24-11/h10-11H,4-9H2,1-3H3,(H,18,21,22). The van der Waals surface area contributed by atoms with Crippen molar-refractivity contribution >= 4 is 11.2 Å². The third-order valence-electron chi connectivity index (χ3n) is 4.31. The molecule has 1 fully saturated rings. The number of fused-ring (bicyclic) bond motifs is 1. The minimum Gasteiger partial charge on any atom is -0.348 e. The number of hydrogen-bond donors (Lipinski definition) is 1. The molecule has 132 valence electrons. The third-order valence-corrected chi connectivity index (χ3v) is 4.31. The smallest absolute Gasteiger partial charge is 0.330 e. The van der Waals surface area contributed by atoms with Crippen LogP contribution in [0, 0.1) is 0 Å². The lowest BCUT2D eigenvalue weighted by Gasteiger charge is -2.17. The van der Waals surface area contributed by atoms with Gasteiger partial charge in [0.05, 0.1) is 19.0 Å². The Labute approximate surface area is 139 Å². The van der Waals surface area contributed by atoms with E-state index in [1.165, 1.54) is 4.57 Å². The van der Waals surface area contributed by atoms with Gasteiger partial charge in [-0.25, -0.2) is 9.78 Å². The molecule has 1 atom stereocenters. The van der Waals surface area contributed by atoms with Crippen molar-refractivity contribution in [2.45, 2.75) is 65.0 Å². The Kier molecular flexibility index (Phi) is 4.60. The lowest BCUT2D eigenvalue weighted by molar-refractivity contribution is -0.139. The molecule has 0 bridgehead atoms. The van der Waals surface area contributed by atoms with Crippen LogP contribution >= 0.6 is 0 Å². The second-order valence-electron chi connectivity index (χ2n) is 6.56. The van der Waals surface area contributed by atoms with E-state index in [9.17, 15) is 9.59 Å². The van der Waals surface area contributed by atoms with Gasteiger partial charge >= 0.3 is 5.69 Å². The fourth-order valence-corrected chi connectivity index (χ4v) is 3.14. The molecule has 0 aliphatic carbocycles. The Hall–Kier alpha value is -1.93. The van der Waals surface area contributed by atoms with E-state index in [2.05, 4.69) is 9.97 Å². The van der Waals surface area contributed by atoms with Crippen molar-refractivity contribution in [1.29, 1.82) is 0 Å². The summed E-state index contributed by atoms with van der Waals surface area (Å²) in [5.74, 6) is -0.484. The molecule has 3 heterocycles. The van der Waals surface area contributed by atoms with E-state index in [1.807, 2.05) is 25.3 Å². The Bertz CT molecular complexity index is 833. The predicted octanol–water partition coefficient (Wildman–Crippen LogP) is 1.23.